The fourth-order valence-electron chi connectivity index (χ4n) is 2.79. The molecule has 0 aliphatic rings. The molecule has 0 saturated heterocycles. The number of halogens is 3. The van der Waals surface area contributed by atoms with Gasteiger partial charge in [-0.25, -0.2) is 0 Å². The molecule has 0 aromatic heterocycles. The van der Waals surface area contributed by atoms with E-state index in [0.717, 1.165) is 11.6 Å². The molecule has 0 bridgehead atoms. The number of para-hydroxylation sites is 1. The Morgan fingerprint density at radius 2 is 1.57 bits per heavy atom. The van der Waals surface area contributed by atoms with Gasteiger partial charge in [0, 0.05) is 5.69 Å². The lowest BCUT2D eigenvalue weighted by molar-refractivity contribution is -0.137. The molecule has 0 spiro atoms. The van der Waals surface area contributed by atoms with Gasteiger partial charge in [0.25, 0.3) is 0 Å². The van der Waals surface area contributed by atoms with Crippen LogP contribution in [-0.2, 0) is 15.8 Å². The summed E-state index contributed by atoms with van der Waals surface area (Å²) in [6.45, 7) is 5.52. The van der Waals surface area contributed by atoms with Crippen molar-refractivity contribution in [3.8, 4) is 0 Å². The highest BCUT2D eigenvalue weighted by Gasteiger charge is 2.33. The fraction of sp³-hybridized carbons (Fsp3) is 0.364. The molecule has 0 aliphatic heterocycles. The number of alkyl halides is 3. The van der Waals surface area contributed by atoms with Crippen LogP contribution in [0, 0.1) is 0 Å². The zero-order valence-electron chi connectivity index (χ0n) is 17.4. The smallest absolute Gasteiger partial charge is 0.325 e. The van der Waals surface area contributed by atoms with Gasteiger partial charge in [-0.15, -0.1) is 0 Å². The predicted molar refractivity (Wildman–Crippen MR) is 111 cm³/mol. The minimum absolute atomic E-state index is 0.243. The van der Waals surface area contributed by atoms with E-state index in [-0.39, 0.29) is 18.1 Å². The summed E-state index contributed by atoms with van der Waals surface area (Å²) in [4.78, 5) is 26.2. The number of hydrogen-bond acceptors (Lipinski definition) is 3. The number of likely N-dealkylation sites (N-methyl/N-ethyl adjacent to an activating group) is 1. The molecule has 0 heterocycles. The number of anilines is 2. The second-order valence-corrected chi connectivity index (χ2v) is 7.45. The van der Waals surface area contributed by atoms with E-state index in [9.17, 15) is 22.8 Å². The Labute approximate surface area is 174 Å². The first-order chi connectivity index (χ1) is 14.0. The molecule has 0 fully saturated rings. The summed E-state index contributed by atoms with van der Waals surface area (Å²) in [7, 11) is 1.56. The van der Waals surface area contributed by atoms with Crippen molar-refractivity contribution in [2.24, 2.45) is 0 Å². The summed E-state index contributed by atoms with van der Waals surface area (Å²) >= 11 is 0. The monoisotopic (exact) mass is 421 g/mol. The first-order valence-electron chi connectivity index (χ1n) is 9.56. The maximum atomic E-state index is 13.1. The molecule has 5 nitrogen and oxygen atoms in total. The Morgan fingerprint density at radius 3 is 2.13 bits per heavy atom. The molecule has 8 heteroatoms. The number of nitrogens with one attached hydrogen (secondary N) is 2. The van der Waals surface area contributed by atoms with Gasteiger partial charge >= 0.3 is 6.18 Å². The van der Waals surface area contributed by atoms with Crippen LogP contribution < -0.4 is 10.6 Å². The summed E-state index contributed by atoms with van der Waals surface area (Å²) in [5.41, 5.74) is 0.546. The molecule has 30 heavy (non-hydrogen) atoms. The topological polar surface area (TPSA) is 61.4 Å². The Bertz CT molecular complexity index is 880. The number of benzene rings is 2. The van der Waals surface area contributed by atoms with Crippen molar-refractivity contribution in [3.63, 3.8) is 0 Å². The molecular weight excluding hydrogens is 395 g/mol. The third-order valence-electron chi connectivity index (χ3n) is 4.79. The van der Waals surface area contributed by atoms with E-state index < -0.39 is 23.7 Å². The van der Waals surface area contributed by atoms with E-state index >= 15 is 0 Å². The zero-order valence-corrected chi connectivity index (χ0v) is 17.4. The summed E-state index contributed by atoms with van der Waals surface area (Å²) in [6.07, 6.45) is -4.58. The van der Waals surface area contributed by atoms with Gasteiger partial charge in [0.2, 0.25) is 11.8 Å². The van der Waals surface area contributed by atoms with Crippen molar-refractivity contribution in [2.45, 2.75) is 38.9 Å². The lowest BCUT2D eigenvalue weighted by Crippen LogP contribution is -2.43. The van der Waals surface area contributed by atoms with Crippen LogP contribution in [0.1, 0.15) is 37.8 Å². The molecule has 2 aromatic rings. The highest BCUT2D eigenvalue weighted by Crippen LogP contribution is 2.34. The molecular formula is C22H26F3N3O2. The largest absolute Gasteiger partial charge is 0.418 e. The molecule has 2 N–H and O–H groups in total. The minimum Gasteiger partial charge on any atom is -0.325 e. The molecule has 2 rings (SSSR count). The summed E-state index contributed by atoms with van der Waals surface area (Å²) < 4.78 is 39.2. The number of carbonyl (C=O) groups excluding carboxylic acids is 2. The molecule has 2 aromatic carbocycles. The summed E-state index contributed by atoms with van der Waals surface area (Å²) in [6, 6.07) is 11.6. The molecule has 1 atom stereocenters. The van der Waals surface area contributed by atoms with E-state index in [1.165, 1.54) is 23.1 Å². The molecule has 162 valence electrons. The average Bonchev–Trinajstić information content (AvgIpc) is 2.67. The second kappa shape index (κ2) is 9.75. The van der Waals surface area contributed by atoms with Crippen LogP contribution in [-0.4, -0.2) is 36.3 Å². The van der Waals surface area contributed by atoms with Crippen LogP contribution in [0.25, 0.3) is 0 Å². The standard InChI is InChI=1S/C22H26F3N3O2/c1-14(2)16-9-11-17(12-10-16)26-21(30)15(3)28(4)13-20(29)27-19-8-6-5-7-18(19)22(23,24)25/h5-12,14-15H,13H2,1-4H3,(H,26,30)(H,27,29)/t15-/m0/s1. The van der Waals surface area contributed by atoms with Crippen molar-refractivity contribution in [3.05, 3.63) is 59.7 Å². The van der Waals surface area contributed by atoms with Crippen molar-refractivity contribution in [1.82, 2.24) is 4.90 Å². The molecule has 2 amide bonds. The fourth-order valence-corrected chi connectivity index (χ4v) is 2.79. The Kier molecular flexibility index (Phi) is 7.61. The third-order valence-corrected chi connectivity index (χ3v) is 4.79. The number of hydrogen-bond donors (Lipinski definition) is 2. The number of amides is 2. The van der Waals surface area contributed by atoms with Crippen molar-refractivity contribution in [2.75, 3.05) is 24.2 Å². The number of rotatable bonds is 7. The van der Waals surface area contributed by atoms with Crippen LogP contribution in [0.4, 0.5) is 24.5 Å². The van der Waals surface area contributed by atoms with E-state index in [1.54, 1.807) is 26.1 Å². The van der Waals surface area contributed by atoms with Gasteiger partial charge < -0.3 is 10.6 Å². The van der Waals surface area contributed by atoms with Crippen LogP contribution in [0.15, 0.2) is 48.5 Å². The zero-order chi connectivity index (χ0) is 22.5. The van der Waals surface area contributed by atoms with Crippen molar-refractivity contribution < 1.29 is 22.8 Å². The van der Waals surface area contributed by atoms with Crippen molar-refractivity contribution >= 4 is 23.2 Å². The Hall–Kier alpha value is -2.87. The summed E-state index contributed by atoms with van der Waals surface area (Å²) in [5, 5.41) is 5.06. The summed E-state index contributed by atoms with van der Waals surface area (Å²) in [5.74, 6) is -0.589. The average molecular weight is 421 g/mol. The van der Waals surface area contributed by atoms with Gasteiger partial charge in [-0.2, -0.15) is 13.2 Å². The third kappa shape index (κ3) is 6.32. The van der Waals surface area contributed by atoms with Crippen LogP contribution in [0.3, 0.4) is 0 Å². The molecule has 0 radical (unpaired) electrons. The molecule has 0 aliphatic carbocycles. The van der Waals surface area contributed by atoms with Gasteiger partial charge in [0.1, 0.15) is 0 Å². The SMILES string of the molecule is CC(C)c1ccc(NC(=O)[C@H](C)N(C)CC(=O)Nc2ccccc2C(F)(F)F)cc1. The van der Waals surface area contributed by atoms with Crippen molar-refractivity contribution in [1.29, 1.82) is 0 Å². The van der Waals surface area contributed by atoms with Crippen LogP contribution >= 0.6 is 0 Å². The molecule has 0 saturated carbocycles. The number of carbonyl (C=O) groups is 2. The Morgan fingerprint density at radius 1 is 0.967 bits per heavy atom. The quantitative estimate of drug-likeness (QED) is 0.680. The predicted octanol–water partition coefficient (Wildman–Crippen LogP) is 4.73. The highest BCUT2D eigenvalue weighted by molar-refractivity contribution is 5.96. The minimum atomic E-state index is -4.58. The van der Waals surface area contributed by atoms with Gasteiger partial charge in [0.05, 0.1) is 23.8 Å². The Balaban J connectivity index is 1.95. The molecule has 0 unspecified atom stereocenters. The van der Waals surface area contributed by atoms with Crippen LogP contribution in [0.2, 0.25) is 0 Å². The van der Waals surface area contributed by atoms with E-state index in [1.807, 2.05) is 12.1 Å². The van der Waals surface area contributed by atoms with Gasteiger partial charge in [-0.05, 0) is 49.7 Å². The lowest BCUT2D eigenvalue weighted by Gasteiger charge is -2.23. The van der Waals surface area contributed by atoms with Gasteiger partial charge in [-0.3, -0.25) is 14.5 Å². The van der Waals surface area contributed by atoms with Gasteiger partial charge in [0.15, 0.2) is 0 Å². The van der Waals surface area contributed by atoms with Gasteiger partial charge in [-0.1, -0.05) is 38.1 Å². The normalized spacial score (nSPS) is 12.7. The van der Waals surface area contributed by atoms with E-state index in [4.69, 9.17) is 0 Å². The number of nitrogens with zero attached hydrogens (tertiary/aromatic N) is 1. The second-order valence-electron chi connectivity index (χ2n) is 7.45. The van der Waals surface area contributed by atoms with E-state index in [0.29, 0.717) is 11.6 Å². The van der Waals surface area contributed by atoms with Crippen LogP contribution in [0.5, 0.6) is 0 Å². The lowest BCUT2D eigenvalue weighted by atomic mass is 10.0. The van der Waals surface area contributed by atoms with E-state index in [2.05, 4.69) is 24.5 Å². The maximum absolute atomic E-state index is 13.1. The first kappa shape index (κ1) is 23.4. The maximum Gasteiger partial charge on any atom is 0.418 e. The first-order valence-corrected chi connectivity index (χ1v) is 9.56. The highest BCUT2D eigenvalue weighted by atomic mass is 19.4.